The highest BCUT2D eigenvalue weighted by Gasteiger charge is 2.21. The van der Waals surface area contributed by atoms with E-state index in [1.165, 1.54) is 34.8 Å². The molecule has 0 unspecified atom stereocenters. The van der Waals surface area contributed by atoms with Crippen molar-refractivity contribution in [3.63, 3.8) is 0 Å². The molecule has 1 nitrogen and oxygen atoms in total. The Morgan fingerprint density at radius 3 is 2.31 bits per heavy atom. The molecule has 2 rings (SSSR count). The molecular formula is C14H19IO. The maximum Gasteiger partial charge on any atom is 0.0490 e. The Bertz CT molecular complexity index is 312. The van der Waals surface area contributed by atoms with Crippen molar-refractivity contribution in [1.29, 1.82) is 0 Å². The lowest BCUT2D eigenvalue weighted by Crippen LogP contribution is -2.17. The first-order valence-corrected chi connectivity index (χ1v) is 7.12. The van der Waals surface area contributed by atoms with Gasteiger partial charge in [-0.25, -0.2) is 0 Å². The third-order valence-corrected chi connectivity index (χ3v) is 4.31. The molecule has 16 heavy (non-hydrogen) atoms. The molecule has 1 aliphatic rings. The van der Waals surface area contributed by atoms with Crippen LogP contribution in [-0.2, 0) is 4.74 Å². The molecule has 0 heterocycles. The van der Waals surface area contributed by atoms with E-state index in [9.17, 15) is 0 Å². The quantitative estimate of drug-likeness (QED) is 0.755. The van der Waals surface area contributed by atoms with Crippen LogP contribution in [0.1, 0.15) is 37.2 Å². The summed E-state index contributed by atoms with van der Waals surface area (Å²) in [6.07, 6.45) is 5.30. The van der Waals surface area contributed by atoms with E-state index >= 15 is 0 Å². The number of hydrogen-bond donors (Lipinski definition) is 0. The topological polar surface area (TPSA) is 9.23 Å². The van der Waals surface area contributed by atoms with Crippen molar-refractivity contribution >= 4 is 22.6 Å². The fourth-order valence-corrected chi connectivity index (χ4v) is 2.99. The molecule has 0 radical (unpaired) electrons. The smallest absolute Gasteiger partial charge is 0.0490 e. The van der Waals surface area contributed by atoms with Gasteiger partial charge in [-0.1, -0.05) is 12.1 Å². The number of ether oxygens (including phenoxy) is 1. The van der Waals surface area contributed by atoms with Crippen LogP contribution in [0.2, 0.25) is 0 Å². The van der Waals surface area contributed by atoms with Crippen LogP contribution in [0.15, 0.2) is 24.3 Å². The zero-order chi connectivity index (χ0) is 11.4. The van der Waals surface area contributed by atoms with E-state index in [-0.39, 0.29) is 0 Å². The summed E-state index contributed by atoms with van der Waals surface area (Å²) >= 11 is 2.37. The lowest BCUT2D eigenvalue weighted by atomic mass is 9.79. The van der Waals surface area contributed by atoms with Crippen molar-refractivity contribution in [3.8, 4) is 0 Å². The Kier molecular flexibility index (Phi) is 4.65. The van der Waals surface area contributed by atoms with E-state index < -0.39 is 0 Å². The Hall–Kier alpha value is -0.0900. The number of benzene rings is 1. The summed E-state index contributed by atoms with van der Waals surface area (Å²) in [5, 5.41) is 0. The second-order valence-electron chi connectivity index (χ2n) is 4.72. The van der Waals surface area contributed by atoms with Gasteiger partial charge in [0.25, 0.3) is 0 Å². The Balaban J connectivity index is 1.91. The Morgan fingerprint density at radius 2 is 1.75 bits per heavy atom. The molecule has 0 aromatic heterocycles. The molecule has 1 aromatic carbocycles. The first-order valence-electron chi connectivity index (χ1n) is 6.04. The third kappa shape index (κ3) is 3.20. The fourth-order valence-electron chi connectivity index (χ4n) is 2.63. The summed E-state index contributed by atoms with van der Waals surface area (Å²) in [5.74, 6) is 1.58. The van der Waals surface area contributed by atoms with Gasteiger partial charge in [-0.05, 0) is 77.8 Å². The van der Waals surface area contributed by atoms with Crippen LogP contribution in [0.3, 0.4) is 0 Å². The maximum atomic E-state index is 5.24. The van der Waals surface area contributed by atoms with Crippen LogP contribution in [0, 0.1) is 9.49 Å². The zero-order valence-corrected chi connectivity index (χ0v) is 11.9. The molecule has 0 spiro atoms. The van der Waals surface area contributed by atoms with E-state index in [2.05, 4.69) is 46.9 Å². The minimum atomic E-state index is 0.783. The molecule has 0 atom stereocenters. The van der Waals surface area contributed by atoms with Crippen LogP contribution in [0.4, 0.5) is 0 Å². The molecule has 1 aromatic rings. The van der Waals surface area contributed by atoms with Gasteiger partial charge < -0.3 is 4.74 Å². The lowest BCUT2D eigenvalue weighted by molar-refractivity contribution is 0.127. The second-order valence-corrected chi connectivity index (χ2v) is 5.97. The van der Waals surface area contributed by atoms with Crippen LogP contribution < -0.4 is 0 Å². The van der Waals surface area contributed by atoms with Crippen LogP contribution in [-0.4, -0.2) is 13.7 Å². The first kappa shape index (κ1) is 12.4. The highest BCUT2D eigenvalue weighted by atomic mass is 127. The average Bonchev–Trinajstić information content (AvgIpc) is 2.32. The molecular weight excluding hydrogens is 311 g/mol. The van der Waals surface area contributed by atoms with Gasteiger partial charge in [0.15, 0.2) is 0 Å². The molecule has 0 amide bonds. The second kappa shape index (κ2) is 6.01. The number of rotatable bonds is 3. The SMILES string of the molecule is COC[C@H]1CC[C@H](c2ccc(I)cc2)CC1. The van der Waals surface area contributed by atoms with E-state index in [1.807, 2.05) is 7.11 Å². The van der Waals surface area contributed by atoms with Gasteiger partial charge in [0.2, 0.25) is 0 Å². The van der Waals surface area contributed by atoms with Crippen LogP contribution in [0.25, 0.3) is 0 Å². The van der Waals surface area contributed by atoms with Crippen molar-refractivity contribution in [2.45, 2.75) is 31.6 Å². The van der Waals surface area contributed by atoms with Crippen molar-refractivity contribution in [2.24, 2.45) is 5.92 Å². The fraction of sp³-hybridized carbons (Fsp3) is 0.571. The van der Waals surface area contributed by atoms with E-state index in [0.29, 0.717) is 0 Å². The largest absolute Gasteiger partial charge is 0.384 e. The highest BCUT2D eigenvalue weighted by molar-refractivity contribution is 14.1. The summed E-state index contributed by atoms with van der Waals surface area (Å²) in [4.78, 5) is 0. The summed E-state index contributed by atoms with van der Waals surface area (Å²) in [5.41, 5.74) is 1.52. The minimum absolute atomic E-state index is 0.783. The summed E-state index contributed by atoms with van der Waals surface area (Å²) < 4.78 is 6.57. The summed E-state index contributed by atoms with van der Waals surface area (Å²) in [6, 6.07) is 9.03. The third-order valence-electron chi connectivity index (χ3n) is 3.59. The summed E-state index contributed by atoms with van der Waals surface area (Å²) in [6.45, 7) is 0.944. The summed E-state index contributed by atoms with van der Waals surface area (Å²) in [7, 11) is 1.81. The number of hydrogen-bond acceptors (Lipinski definition) is 1. The minimum Gasteiger partial charge on any atom is -0.384 e. The Morgan fingerprint density at radius 1 is 1.12 bits per heavy atom. The predicted octanol–water partition coefficient (Wildman–Crippen LogP) is 4.21. The van der Waals surface area contributed by atoms with Crippen LogP contribution >= 0.6 is 22.6 Å². The molecule has 88 valence electrons. The lowest BCUT2D eigenvalue weighted by Gasteiger charge is -2.28. The molecule has 0 saturated heterocycles. The van der Waals surface area contributed by atoms with E-state index in [0.717, 1.165) is 18.4 Å². The molecule has 0 N–H and O–H groups in total. The van der Waals surface area contributed by atoms with Gasteiger partial charge in [-0.15, -0.1) is 0 Å². The van der Waals surface area contributed by atoms with Gasteiger partial charge in [-0.2, -0.15) is 0 Å². The monoisotopic (exact) mass is 330 g/mol. The first-order chi connectivity index (χ1) is 7.79. The van der Waals surface area contributed by atoms with Gasteiger partial charge in [0.05, 0.1) is 0 Å². The molecule has 0 aliphatic heterocycles. The molecule has 0 bridgehead atoms. The van der Waals surface area contributed by atoms with Crippen molar-refractivity contribution in [3.05, 3.63) is 33.4 Å². The molecule has 1 saturated carbocycles. The van der Waals surface area contributed by atoms with Crippen molar-refractivity contribution < 1.29 is 4.74 Å². The van der Waals surface area contributed by atoms with Gasteiger partial charge in [0, 0.05) is 17.3 Å². The normalized spacial score (nSPS) is 25.6. The standard InChI is InChI=1S/C14H19IO/c1-16-10-11-2-4-12(5-3-11)13-6-8-14(15)9-7-13/h6-9,11-12H,2-5,10H2,1H3/t11-,12-. The molecule has 2 heteroatoms. The van der Waals surface area contributed by atoms with Gasteiger partial charge >= 0.3 is 0 Å². The average molecular weight is 330 g/mol. The van der Waals surface area contributed by atoms with Gasteiger partial charge in [0.1, 0.15) is 0 Å². The number of methoxy groups -OCH3 is 1. The highest BCUT2D eigenvalue weighted by Crippen LogP contribution is 2.35. The number of halogens is 1. The zero-order valence-electron chi connectivity index (χ0n) is 9.79. The molecule has 1 aliphatic carbocycles. The Labute approximate surface area is 112 Å². The predicted molar refractivity (Wildman–Crippen MR) is 75.7 cm³/mol. The van der Waals surface area contributed by atoms with Gasteiger partial charge in [-0.3, -0.25) is 0 Å². The van der Waals surface area contributed by atoms with E-state index in [4.69, 9.17) is 4.74 Å². The maximum absolute atomic E-state index is 5.24. The van der Waals surface area contributed by atoms with Crippen molar-refractivity contribution in [2.75, 3.05) is 13.7 Å². The van der Waals surface area contributed by atoms with E-state index in [1.54, 1.807) is 0 Å². The van der Waals surface area contributed by atoms with Crippen LogP contribution in [0.5, 0.6) is 0 Å². The van der Waals surface area contributed by atoms with Crippen molar-refractivity contribution in [1.82, 2.24) is 0 Å². The molecule has 1 fully saturated rings.